The maximum absolute atomic E-state index is 12.9. The van der Waals surface area contributed by atoms with E-state index in [0.717, 1.165) is 25.7 Å². The van der Waals surface area contributed by atoms with E-state index in [4.69, 9.17) is 34.8 Å². The number of alkyl halides is 1. The zero-order valence-electron chi connectivity index (χ0n) is 11.8. The van der Waals surface area contributed by atoms with Gasteiger partial charge in [0.15, 0.2) is 0 Å². The highest BCUT2D eigenvalue weighted by molar-refractivity contribution is 7.89. The van der Waals surface area contributed by atoms with E-state index in [1.54, 1.807) is 4.31 Å². The van der Waals surface area contributed by atoms with Crippen molar-refractivity contribution in [3.05, 3.63) is 27.7 Å². The molecule has 0 bridgehead atoms. The zero-order chi connectivity index (χ0) is 15.6. The first-order chi connectivity index (χ1) is 9.91. The van der Waals surface area contributed by atoms with E-state index >= 15 is 0 Å². The molecule has 1 saturated carbocycles. The lowest BCUT2D eigenvalue weighted by molar-refractivity contribution is 0.335. The maximum Gasteiger partial charge on any atom is 0.244 e. The molecule has 1 aromatic rings. The largest absolute Gasteiger partial charge is 0.244 e. The predicted octanol–water partition coefficient (Wildman–Crippen LogP) is 4.69. The van der Waals surface area contributed by atoms with Crippen LogP contribution in [0.5, 0.6) is 0 Å². The summed E-state index contributed by atoms with van der Waals surface area (Å²) in [6.07, 6.45) is 3.94. The van der Waals surface area contributed by atoms with E-state index in [2.05, 4.69) is 0 Å². The first kappa shape index (κ1) is 17.4. The number of hydrogen-bond acceptors (Lipinski definition) is 2. The molecule has 118 valence electrons. The Morgan fingerprint density at radius 3 is 2.33 bits per heavy atom. The molecule has 0 unspecified atom stereocenters. The normalized spacial score (nSPS) is 16.8. The van der Waals surface area contributed by atoms with E-state index in [0.29, 0.717) is 17.1 Å². The molecule has 7 heteroatoms. The molecule has 0 atom stereocenters. The summed E-state index contributed by atoms with van der Waals surface area (Å²) in [7, 11) is -3.63. The lowest BCUT2D eigenvalue weighted by Gasteiger charge is -2.27. The second-order valence-corrected chi connectivity index (χ2v) is 8.09. The minimum atomic E-state index is -3.63. The summed E-state index contributed by atoms with van der Waals surface area (Å²) in [5.74, 6) is 0.147. The minimum Gasteiger partial charge on any atom is -0.207 e. The summed E-state index contributed by atoms with van der Waals surface area (Å²) < 4.78 is 27.4. The molecule has 0 heterocycles. The molecule has 0 amide bonds. The lowest BCUT2D eigenvalue weighted by Crippen LogP contribution is -2.38. The third-order valence-electron chi connectivity index (χ3n) is 3.88. The molecule has 0 radical (unpaired) electrons. The molecular formula is C14H18Cl3NO2S. The maximum atomic E-state index is 12.9. The summed E-state index contributed by atoms with van der Waals surface area (Å²) in [4.78, 5) is 0.0953. The van der Waals surface area contributed by atoms with Gasteiger partial charge < -0.3 is 0 Å². The lowest BCUT2D eigenvalue weighted by atomic mass is 10.2. The van der Waals surface area contributed by atoms with Gasteiger partial charge in [-0.2, -0.15) is 4.31 Å². The quantitative estimate of drug-likeness (QED) is 0.705. The summed E-state index contributed by atoms with van der Waals surface area (Å²) in [6, 6.07) is 3.01. The molecule has 2 rings (SSSR count). The first-order valence-electron chi connectivity index (χ1n) is 6.97. The van der Waals surface area contributed by atoms with E-state index in [9.17, 15) is 8.42 Å². The molecule has 0 aromatic heterocycles. The average Bonchev–Trinajstić information content (AvgIpc) is 2.92. The van der Waals surface area contributed by atoms with Gasteiger partial charge in [-0.05, 0) is 30.5 Å². The van der Waals surface area contributed by atoms with Gasteiger partial charge in [0.05, 0.1) is 5.02 Å². The fourth-order valence-electron chi connectivity index (χ4n) is 2.81. The summed E-state index contributed by atoms with van der Waals surface area (Å²) >= 11 is 17.9. The molecular weight excluding hydrogens is 353 g/mol. The molecule has 0 aliphatic heterocycles. The van der Waals surface area contributed by atoms with Crippen LogP contribution in [-0.2, 0) is 15.9 Å². The Hall–Kier alpha value is -0.000000000000000111. The second-order valence-electron chi connectivity index (χ2n) is 5.15. The predicted molar refractivity (Wildman–Crippen MR) is 87.8 cm³/mol. The molecule has 1 fully saturated rings. The fourth-order valence-corrected chi connectivity index (χ4v) is 5.64. The van der Waals surface area contributed by atoms with Crippen LogP contribution in [0.1, 0.15) is 38.2 Å². The summed E-state index contributed by atoms with van der Waals surface area (Å²) in [5, 5.41) is 0.531. The smallest absolute Gasteiger partial charge is 0.207 e. The van der Waals surface area contributed by atoms with Crippen LogP contribution in [0.15, 0.2) is 17.0 Å². The van der Waals surface area contributed by atoms with Crippen molar-refractivity contribution >= 4 is 44.8 Å². The molecule has 0 N–H and O–H groups in total. The molecule has 0 saturated heterocycles. The number of rotatable bonds is 5. The first-order valence-corrected chi connectivity index (χ1v) is 9.70. The van der Waals surface area contributed by atoms with Gasteiger partial charge in [0.2, 0.25) is 10.0 Å². The molecule has 3 nitrogen and oxygen atoms in total. The Balaban J connectivity index is 2.47. The van der Waals surface area contributed by atoms with Gasteiger partial charge in [0.25, 0.3) is 0 Å². The Bertz CT molecular complexity index is 613. The summed E-state index contributed by atoms with van der Waals surface area (Å²) in [6.45, 7) is 2.28. The molecule has 1 aliphatic rings. The van der Waals surface area contributed by atoms with E-state index in [-0.39, 0.29) is 21.8 Å². The van der Waals surface area contributed by atoms with Gasteiger partial charge in [0.1, 0.15) is 4.90 Å². The number of sulfonamides is 1. The van der Waals surface area contributed by atoms with Crippen LogP contribution in [0.2, 0.25) is 10.0 Å². The fraction of sp³-hybridized carbons (Fsp3) is 0.571. The van der Waals surface area contributed by atoms with Gasteiger partial charge >= 0.3 is 0 Å². The Morgan fingerprint density at radius 2 is 1.81 bits per heavy atom. The SMILES string of the molecule is CCN(C1CCCC1)S(=O)(=O)c1cc(CCl)c(Cl)cc1Cl. The van der Waals surface area contributed by atoms with Crippen LogP contribution < -0.4 is 0 Å². The summed E-state index contributed by atoms with van der Waals surface area (Å²) in [5.41, 5.74) is 0.573. The molecule has 21 heavy (non-hydrogen) atoms. The van der Waals surface area contributed by atoms with Crippen molar-refractivity contribution in [3.8, 4) is 0 Å². The number of nitrogens with zero attached hydrogens (tertiary/aromatic N) is 1. The van der Waals surface area contributed by atoms with Crippen LogP contribution in [-0.4, -0.2) is 25.3 Å². The van der Waals surface area contributed by atoms with Crippen molar-refractivity contribution in [2.24, 2.45) is 0 Å². The third kappa shape index (κ3) is 3.50. The van der Waals surface area contributed by atoms with Gasteiger partial charge in [-0.1, -0.05) is 43.0 Å². The van der Waals surface area contributed by atoms with Crippen LogP contribution in [0.3, 0.4) is 0 Å². The molecule has 1 aromatic carbocycles. The third-order valence-corrected chi connectivity index (χ3v) is 7.01. The second kappa shape index (κ2) is 7.05. The molecule has 1 aliphatic carbocycles. The highest BCUT2D eigenvalue weighted by atomic mass is 35.5. The molecule has 0 spiro atoms. The minimum absolute atomic E-state index is 0.0613. The van der Waals surface area contributed by atoms with Gasteiger partial charge in [-0.3, -0.25) is 0 Å². The van der Waals surface area contributed by atoms with Crippen molar-refractivity contribution in [2.75, 3.05) is 6.54 Å². The van der Waals surface area contributed by atoms with Crippen LogP contribution in [0.25, 0.3) is 0 Å². The Kier molecular flexibility index (Phi) is 5.83. The number of hydrogen-bond donors (Lipinski definition) is 0. The zero-order valence-corrected chi connectivity index (χ0v) is 14.9. The Morgan fingerprint density at radius 1 is 1.19 bits per heavy atom. The van der Waals surface area contributed by atoms with Crippen molar-refractivity contribution in [2.45, 2.75) is 49.4 Å². The van der Waals surface area contributed by atoms with E-state index < -0.39 is 10.0 Å². The monoisotopic (exact) mass is 369 g/mol. The van der Waals surface area contributed by atoms with E-state index in [1.807, 2.05) is 6.92 Å². The van der Waals surface area contributed by atoms with Crippen LogP contribution in [0.4, 0.5) is 0 Å². The number of halogens is 3. The highest BCUT2D eigenvalue weighted by Crippen LogP contribution is 2.34. The van der Waals surface area contributed by atoms with Crippen LogP contribution >= 0.6 is 34.8 Å². The van der Waals surface area contributed by atoms with Crippen molar-refractivity contribution in [3.63, 3.8) is 0 Å². The Labute approximate surface area is 141 Å². The van der Waals surface area contributed by atoms with Crippen molar-refractivity contribution < 1.29 is 8.42 Å². The van der Waals surface area contributed by atoms with Crippen molar-refractivity contribution in [1.82, 2.24) is 4.31 Å². The van der Waals surface area contributed by atoms with Gasteiger partial charge in [0, 0.05) is 23.5 Å². The van der Waals surface area contributed by atoms with Gasteiger partial charge in [-0.25, -0.2) is 8.42 Å². The van der Waals surface area contributed by atoms with E-state index in [1.165, 1.54) is 12.1 Å². The topological polar surface area (TPSA) is 37.4 Å². The number of benzene rings is 1. The van der Waals surface area contributed by atoms with Gasteiger partial charge in [-0.15, -0.1) is 11.6 Å². The standard InChI is InChI=1S/C14H18Cl3NO2S/c1-2-18(11-5-3-4-6-11)21(19,20)14-7-10(9-15)12(16)8-13(14)17/h7-8,11H,2-6,9H2,1H3. The van der Waals surface area contributed by atoms with Crippen LogP contribution in [0, 0.1) is 0 Å². The van der Waals surface area contributed by atoms with Crippen molar-refractivity contribution in [1.29, 1.82) is 0 Å². The highest BCUT2D eigenvalue weighted by Gasteiger charge is 2.33. The average molecular weight is 371 g/mol.